The second kappa shape index (κ2) is 7.29. The topological polar surface area (TPSA) is 32.5 Å². The summed E-state index contributed by atoms with van der Waals surface area (Å²) in [5.74, 6) is -0.142. The molecule has 1 aromatic rings. The zero-order valence-corrected chi connectivity index (χ0v) is 12.9. The van der Waals surface area contributed by atoms with Gasteiger partial charge in [0.15, 0.2) is 0 Å². The molecule has 1 heterocycles. The summed E-state index contributed by atoms with van der Waals surface area (Å²) in [5, 5.41) is 0. The monoisotopic (exact) mass is 297 g/mol. The minimum Gasteiger partial charge on any atom is -0.323 e. The molecule has 118 valence electrons. The van der Waals surface area contributed by atoms with Crippen LogP contribution in [0.3, 0.4) is 0 Å². The number of hydrogen-bond acceptors (Lipinski definition) is 3. The van der Waals surface area contributed by atoms with E-state index in [4.69, 9.17) is 5.73 Å². The molecule has 0 saturated carbocycles. The summed E-state index contributed by atoms with van der Waals surface area (Å²) in [4.78, 5) is 4.47. The maximum Gasteiger partial charge on any atom is 0.128 e. The van der Waals surface area contributed by atoms with Crippen molar-refractivity contribution in [1.29, 1.82) is 0 Å². The molecule has 1 saturated heterocycles. The molecule has 21 heavy (non-hydrogen) atoms. The van der Waals surface area contributed by atoms with Gasteiger partial charge in [-0.1, -0.05) is 0 Å². The first-order valence-electron chi connectivity index (χ1n) is 7.53. The predicted octanol–water partition coefficient (Wildman–Crippen LogP) is 2.24. The average molecular weight is 297 g/mol. The largest absolute Gasteiger partial charge is 0.323 e. The maximum atomic E-state index is 13.7. The molecule has 1 unspecified atom stereocenters. The molecule has 0 bridgehead atoms. The second-order valence-electron chi connectivity index (χ2n) is 6.28. The van der Waals surface area contributed by atoms with E-state index >= 15 is 0 Å². The number of hydrogen-bond donors (Lipinski definition) is 1. The van der Waals surface area contributed by atoms with Gasteiger partial charge in [0.1, 0.15) is 11.6 Å². The summed E-state index contributed by atoms with van der Waals surface area (Å²) < 4.78 is 26.9. The Balaban J connectivity index is 1.87. The van der Waals surface area contributed by atoms with Crippen LogP contribution in [0.4, 0.5) is 8.78 Å². The smallest absolute Gasteiger partial charge is 0.128 e. The number of nitrogens with two attached hydrogens (primary N) is 1. The molecule has 5 heteroatoms. The average Bonchev–Trinajstić information content (AvgIpc) is 2.43. The molecule has 1 fully saturated rings. The molecule has 0 amide bonds. The fraction of sp³-hybridized carbons (Fsp3) is 0.625. The van der Waals surface area contributed by atoms with Crippen LogP contribution in [0.15, 0.2) is 18.2 Å². The summed E-state index contributed by atoms with van der Waals surface area (Å²) >= 11 is 0. The van der Waals surface area contributed by atoms with Gasteiger partial charge in [0.2, 0.25) is 0 Å². The van der Waals surface area contributed by atoms with E-state index in [9.17, 15) is 8.78 Å². The third-order valence-electron chi connectivity index (χ3n) is 4.14. The van der Waals surface area contributed by atoms with Gasteiger partial charge in [0, 0.05) is 24.7 Å². The lowest BCUT2D eigenvalue weighted by molar-refractivity contribution is 0.155. The molecule has 0 aromatic heterocycles. The van der Waals surface area contributed by atoms with Gasteiger partial charge >= 0.3 is 0 Å². The van der Waals surface area contributed by atoms with E-state index in [-0.39, 0.29) is 5.56 Å². The molecule has 0 aliphatic carbocycles. The fourth-order valence-electron chi connectivity index (χ4n) is 3.04. The van der Waals surface area contributed by atoms with Crippen LogP contribution in [0, 0.1) is 17.6 Å². The molecule has 3 nitrogen and oxygen atoms in total. The van der Waals surface area contributed by atoms with E-state index in [0.29, 0.717) is 6.54 Å². The Bertz CT molecular complexity index is 457. The van der Waals surface area contributed by atoms with E-state index in [1.807, 2.05) is 0 Å². The molecule has 2 N–H and O–H groups in total. The highest BCUT2D eigenvalue weighted by molar-refractivity contribution is 5.22. The molecule has 1 atom stereocenters. The number of piperidine rings is 1. The van der Waals surface area contributed by atoms with Gasteiger partial charge in [-0.15, -0.1) is 0 Å². The highest BCUT2D eigenvalue weighted by Gasteiger charge is 2.22. The summed E-state index contributed by atoms with van der Waals surface area (Å²) in [5.41, 5.74) is 6.32. The van der Waals surface area contributed by atoms with Crippen LogP contribution >= 0.6 is 0 Å². The van der Waals surface area contributed by atoms with Crippen LogP contribution in [-0.4, -0.2) is 50.1 Å². The highest BCUT2D eigenvalue weighted by atomic mass is 19.1. The van der Waals surface area contributed by atoms with Crippen LogP contribution in [0.1, 0.15) is 24.4 Å². The SMILES string of the molecule is CN(C)CC1CCN(CC(N)c2cc(F)ccc2F)CC1. The number of likely N-dealkylation sites (tertiary alicyclic amines) is 1. The lowest BCUT2D eigenvalue weighted by Crippen LogP contribution is -2.40. The molecule has 0 radical (unpaired) electrons. The van der Waals surface area contributed by atoms with Crippen LogP contribution in [-0.2, 0) is 0 Å². The van der Waals surface area contributed by atoms with Gasteiger partial charge in [-0.2, -0.15) is 0 Å². The van der Waals surface area contributed by atoms with Crippen molar-refractivity contribution in [3.63, 3.8) is 0 Å². The van der Waals surface area contributed by atoms with E-state index in [2.05, 4.69) is 23.9 Å². The zero-order chi connectivity index (χ0) is 15.4. The van der Waals surface area contributed by atoms with Crippen molar-refractivity contribution in [2.75, 3.05) is 40.3 Å². The quantitative estimate of drug-likeness (QED) is 0.904. The molecular formula is C16H25F2N3. The lowest BCUT2D eigenvalue weighted by Gasteiger charge is -2.34. The number of nitrogens with zero attached hydrogens (tertiary/aromatic N) is 2. The minimum atomic E-state index is -0.480. The Hall–Kier alpha value is -1.04. The van der Waals surface area contributed by atoms with E-state index in [1.54, 1.807) is 0 Å². The zero-order valence-electron chi connectivity index (χ0n) is 12.9. The number of rotatable bonds is 5. The van der Waals surface area contributed by atoms with Gasteiger partial charge < -0.3 is 15.5 Å². The van der Waals surface area contributed by atoms with Gasteiger partial charge in [0.25, 0.3) is 0 Å². The molecule has 1 aromatic carbocycles. The van der Waals surface area contributed by atoms with Crippen LogP contribution < -0.4 is 5.73 Å². The van der Waals surface area contributed by atoms with E-state index < -0.39 is 17.7 Å². The van der Waals surface area contributed by atoms with E-state index in [1.165, 1.54) is 6.07 Å². The third kappa shape index (κ3) is 4.73. The molecular weight excluding hydrogens is 272 g/mol. The number of benzene rings is 1. The van der Waals surface area contributed by atoms with E-state index in [0.717, 1.165) is 50.5 Å². The molecule has 0 spiro atoms. The van der Waals surface area contributed by atoms with Gasteiger partial charge in [0.05, 0.1) is 0 Å². The highest BCUT2D eigenvalue weighted by Crippen LogP contribution is 2.22. The Labute approximate surface area is 125 Å². The van der Waals surface area contributed by atoms with Crippen molar-refractivity contribution in [3.8, 4) is 0 Å². The van der Waals surface area contributed by atoms with Crippen LogP contribution in [0.5, 0.6) is 0 Å². The Morgan fingerprint density at radius 1 is 1.29 bits per heavy atom. The number of halogens is 2. The van der Waals surface area contributed by atoms with Crippen molar-refractivity contribution < 1.29 is 8.78 Å². The fourth-order valence-corrected chi connectivity index (χ4v) is 3.04. The molecule has 2 rings (SSSR count). The summed E-state index contributed by atoms with van der Waals surface area (Å²) in [6, 6.07) is 3.00. The maximum absolute atomic E-state index is 13.7. The van der Waals surface area contributed by atoms with Gasteiger partial charge in [-0.25, -0.2) is 8.78 Å². The normalized spacial score (nSPS) is 19.1. The van der Waals surface area contributed by atoms with Crippen LogP contribution in [0.2, 0.25) is 0 Å². The standard InChI is InChI=1S/C16H25F2N3/c1-20(2)10-12-5-7-21(8-6-12)11-16(19)14-9-13(17)3-4-15(14)18/h3-4,9,12,16H,5-8,10-11,19H2,1-2H3. The Kier molecular flexibility index (Phi) is 5.67. The van der Waals surface area contributed by atoms with Crippen molar-refractivity contribution >= 4 is 0 Å². The third-order valence-corrected chi connectivity index (χ3v) is 4.14. The first-order chi connectivity index (χ1) is 9.95. The molecule has 1 aliphatic rings. The predicted molar refractivity (Wildman–Crippen MR) is 81.0 cm³/mol. The van der Waals surface area contributed by atoms with Gasteiger partial charge in [-0.05, 0) is 64.1 Å². The Morgan fingerprint density at radius 2 is 1.95 bits per heavy atom. The summed E-state index contributed by atoms with van der Waals surface area (Å²) in [6.45, 7) is 3.64. The van der Waals surface area contributed by atoms with Crippen molar-refractivity contribution in [1.82, 2.24) is 9.80 Å². The summed E-state index contributed by atoms with van der Waals surface area (Å²) in [7, 11) is 4.18. The van der Waals surface area contributed by atoms with Crippen LogP contribution in [0.25, 0.3) is 0 Å². The van der Waals surface area contributed by atoms with Crippen molar-refractivity contribution in [3.05, 3.63) is 35.4 Å². The first kappa shape index (κ1) is 16.3. The summed E-state index contributed by atoms with van der Waals surface area (Å²) in [6.07, 6.45) is 2.27. The minimum absolute atomic E-state index is 0.269. The second-order valence-corrected chi connectivity index (χ2v) is 6.28. The lowest BCUT2D eigenvalue weighted by atomic mass is 9.95. The molecule has 1 aliphatic heterocycles. The van der Waals surface area contributed by atoms with Crippen molar-refractivity contribution in [2.45, 2.75) is 18.9 Å². The first-order valence-corrected chi connectivity index (χ1v) is 7.53. The van der Waals surface area contributed by atoms with Crippen molar-refractivity contribution in [2.24, 2.45) is 11.7 Å². The Morgan fingerprint density at radius 3 is 2.57 bits per heavy atom. The van der Waals surface area contributed by atoms with Gasteiger partial charge in [-0.3, -0.25) is 0 Å².